The minimum absolute atomic E-state index is 0.407. The van der Waals surface area contributed by atoms with E-state index in [1.165, 1.54) is 0 Å². The molecule has 0 radical (unpaired) electrons. The smallest absolute Gasteiger partial charge is 0.208 e. The molecule has 0 aliphatic heterocycles. The van der Waals surface area contributed by atoms with E-state index in [2.05, 4.69) is 21.9 Å². The lowest BCUT2D eigenvalue weighted by Gasteiger charge is -2.01. The summed E-state index contributed by atoms with van der Waals surface area (Å²) in [5.74, 6) is 5.53. The molecule has 0 saturated carbocycles. The average Bonchev–Trinajstić information content (AvgIpc) is 1.94. The van der Waals surface area contributed by atoms with Crippen molar-refractivity contribution in [1.82, 2.24) is 10.0 Å². The van der Waals surface area contributed by atoms with Gasteiger partial charge in [-0.3, -0.25) is 0 Å². The Balaban J connectivity index is 3.27. The highest BCUT2D eigenvalue weighted by Crippen LogP contribution is 1.70. The Kier molecular flexibility index (Phi) is 5.72. The summed E-state index contributed by atoms with van der Waals surface area (Å²) >= 11 is 0. The van der Waals surface area contributed by atoms with Crippen LogP contribution in [0.2, 0.25) is 0 Å². The van der Waals surface area contributed by atoms with Crippen LogP contribution in [0.15, 0.2) is 0 Å². The van der Waals surface area contributed by atoms with E-state index < -0.39 is 10.0 Å². The lowest BCUT2D eigenvalue weighted by molar-refractivity contribution is 0.584. The molecule has 0 aromatic rings. The van der Waals surface area contributed by atoms with E-state index in [1.54, 1.807) is 6.92 Å². The van der Waals surface area contributed by atoms with Gasteiger partial charge in [-0.25, -0.2) is 13.1 Å². The second kappa shape index (κ2) is 6.00. The van der Waals surface area contributed by atoms with Crippen molar-refractivity contribution >= 4 is 10.0 Å². The van der Waals surface area contributed by atoms with Crippen molar-refractivity contribution < 1.29 is 8.42 Å². The van der Waals surface area contributed by atoms with Crippen molar-refractivity contribution in [1.29, 1.82) is 0 Å². The fourth-order valence-corrected chi connectivity index (χ4v) is 1.04. The van der Waals surface area contributed by atoms with Gasteiger partial charge in [0.1, 0.15) is 0 Å². The summed E-state index contributed by atoms with van der Waals surface area (Å²) in [5, 5.41) is 2.96. The molecule has 0 spiro atoms. The van der Waals surface area contributed by atoms with Crippen molar-refractivity contribution in [3.63, 3.8) is 0 Å². The normalized spacial score (nSPS) is 10.5. The van der Waals surface area contributed by atoms with Gasteiger partial charge in [-0.1, -0.05) is 5.92 Å². The molecular formula is C7H14N2O2S. The molecule has 2 N–H and O–H groups in total. The van der Waals surface area contributed by atoms with Gasteiger partial charge in [0.25, 0.3) is 0 Å². The van der Waals surface area contributed by atoms with E-state index in [9.17, 15) is 8.42 Å². The van der Waals surface area contributed by atoms with Crippen LogP contribution in [-0.4, -0.2) is 34.3 Å². The monoisotopic (exact) mass is 190 g/mol. The van der Waals surface area contributed by atoms with Gasteiger partial charge in [0.05, 0.1) is 12.8 Å². The van der Waals surface area contributed by atoms with E-state index in [4.69, 9.17) is 0 Å². The molecule has 0 saturated heterocycles. The first kappa shape index (κ1) is 11.4. The molecule has 5 heteroatoms. The molecule has 0 aromatic heterocycles. The molecule has 0 atom stereocenters. The lowest BCUT2D eigenvalue weighted by atomic mass is 10.5. The molecule has 0 bridgehead atoms. The van der Waals surface area contributed by atoms with Crippen molar-refractivity contribution in [2.24, 2.45) is 0 Å². The highest BCUT2D eigenvalue weighted by molar-refractivity contribution is 7.88. The third kappa shape index (κ3) is 9.43. The number of sulfonamides is 1. The predicted molar refractivity (Wildman–Crippen MR) is 49.2 cm³/mol. The lowest BCUT2D eigenvalue weighted by Crippen LogP contribution is -2.31. The Morgan fingerprint density at radius 3 is 2.50 bits per heavy atom. The molecule has 0 aliphatic rings. The minimum atomic E-state index is -3.04. The van der Waals surface area contributed by atoms with Crippen LogP contribution in [0.5, 0.6) is 0 Å². The van der Waals surface area contributed by atoms with E-state index in [-0.39, 0.29) is 0 Å². The Hall–Kier alpha value is -0.570. The third-order valence-electron chi connectivity index (χ3n) is 1.06. The zero-order valence-corrected chi connectivity index (χ0v) is 8.16. The first-order valence-electron chi connectivity index (χ1n) is 3.61. The maximum atomic E-state index is 10.6. The van der Waals surface area contributed by atoms with Crippen LogP contribution in [0.4, 0.5) is 0 Å². The summed E-state index contributed by atoms with van der Waals surface area (Å²) < 4.78 is 23.5. The molecule has 0 aromatic carbocycles. The van der Waals surface area contributed by atoms with Crippen LogP contribution in [0.25, 0.3) is 0 Å². The summed E-state index contributed by atoms with van der Waals surface area (Å²) in [7, 11) is -3.04. The summed E-state index contributed by atoms with van der Waals surface area (Å²) in [6.07, 6.45) is 1.14. The summed E-state index contributed by atoms with van der Waals surface area (Å²) in [5.41, 5.74) is 0. The van der Waals surface area contributed by atoms with Gasteiger partial charge in [-0.15, -0.1) is 5.92 Å². The van der Waals surface area contributed by atoms with Gasteiger partial charge in [-0.2, -0.15) is 0 Å². The van der Waals surface area contributed by atoms with Gasteiger partial charge in [0.15, 0.2) is 0 Å². The predicted octanol–water partition coefficient (Wildman–Crippen LogP) is -0.851. The zero-order valence-electron chi connectivity index (χ0n) is 7.35. The van der Waals surface area contributed by atoms with Crippen LogP contribution >= 0.6 is 0 Å². The maximum Gasteiger partial charge on any atom is 0.208 e. The van der Waals surface area contributed by atoms with Crippen LogP contribution in [0.1, 0.15) is 6.92 Å². The van der Waals surface area contributed by atoms with E-state index in [0.29, 0.717) is 19.6 Å². The van der Waals surface area contributed by atoms with Gasteiger partial charge in [0, 0.05) is 13.1 Å². The molecule has 4 nitrogen and oxygen atoms in total. The molecule has 0 unspecified atom stereocenters. The largest absolute Gasteiger partial charge is 0.305 e. The Labute approximate surface area is 73.8 Å². The van der Waals surface area contributed by atoms with Gasteiger partial charge in [0.2, 0.25) is 10.0 Å². The third-order valence-corrected chi connectivity index (χ3v) is 1.78. The summed E-state index contributed by atoms with van der Waals surface area (Å²) in [4.78, 5) is 0. The molecule has 0 rings (SSSR count). The minimum Gasteiger partial charge on any atom is -0.305 e. The summed E-state index contributed by atoms with van der Waals surface area (Å²) in [6.45, 7) is 3.37. The SMILES string of the molecule is CC#CCNCCNS(C)(=O)=O. The molecule has 0 aliphatic carbocycles. The topological polar surface area (TPSA) is 58.2 Å². The Morgan fingerprint density at radius 1 is 1.33 bits per heavy atom. The molecule has 0 heterocycles. The van der Waals surface area contributed by atoms with Gasteiger partial charge >= 0.3 is 0 Å². The molecule has 12 heavy (non-hydrogen) atoms. The maximum absolute atomic E-state index is 10.6. The molecule has 0 fully saturated rings. The Bertz CT molecular complexity index is 261. The second-order valence-electron chi connectivity index (χ2n) is 2.27. The highest BCUT2D eigenvalue weighted by atomic mass is 32.2. The first-order chi connectivity index (χ1) is 5.56. The van der Waals surface area contributed by atoms with Gasteiger partial charge in [-0.05, 0) is 6.92 Å². The van der Waals surface area contributed by atoms with E-state index in [0.717, 1.165) is 6.26 Å². The quantitative estimate of drug-likeness (QED) is 0.438. The average molecular weight is 190 g/mol. The molecule has 0 amide bonds. The number of hydrogen-bond acceptors (Lipinski definition) is 3. The zero-order chi connectivity index (χ0) is 9.45. The van der Waals surface area contributed by atoms with E-state index >= 15 is 0 Å². The fourth-order valence-electron chi connectivity index (χ4n) is 0.564. The van der Waals surface area contributed by atoms with Crippen LogP contribution in [0, 0.1) is 11.8 Å². The highest BCUT2D eigenvalue weighted by Gasteiger charge is 1.96. The van der Waals surface area contributed by atoms with Gasteiger partial charge < -0.3 is 5.32 Å². The number of hydrogen-bond donors (Lipinski definition) is 2. The number of nitrogens with one attached hydrogen (secondary N) is 2. The van der Waals surface area contributed by atoms with Crippen LogP contribution < -0.4 is 10.0 Å². The van der Waals surface area contributed by atoms with E-state index in [1.807, 2.05) is 0 Å². The fraction of sp³-hybridized carbons (Fsp3) is 0.714. The molecular weight excluding hydrogens is 176 g/mol. The van der Waals surface area contributed by atoms with Crippen LogP contribution in [0.3, 0.4) is 0 Å². The second-order valence-corrected chi connectivity index (χ2v) is 4.10. The van der Waals surface area contributed by atoms with Crippen molar-refractivity contribution in [2.45, 2.75) is 6.92 Å². The van der Waals surface area contributed by atoms with Crippen LogP contribution in [-0.2, 0) is 10.0 Å². The molecule has 70 valence electrons. The first-order valence-corrected chi connectivity index (χ1v) is 5.50. The summed E-state index contributed by atoms with van der Waals surface area (Å²) in [6, 6.07) is 0. The van der Waals surface area contributed by atoms with Crippen molar-refractivity contribution in [3.05, 3.63) is 0 Å². The standard InChI is InChI=1S/C7H14N2O2S/c1-3-4-5-8-6-7-9-12(2,10)11/h8-9H,5-7H2,1-2H3. The van der Waals surface area contributed by atoms with Crippen molar-refractivity contribution in [3.8, 4) is 11.8 Å². The number of rotatable bonds is 5. The Morgan fingerprint density at radius 2 is 2.00 bits per heavy atom. The van der Waals surface area contributed by atoms with Crippen molar-refractivity contribution in [2.75, 3.05) is 25.9 Å².